The number of carbonyl (C=O) groups is 1. The van der Waals surface area contributed by atoms with Gasteiger partial charge in [0, 0.05) is 24.1 Å². The Bertz CT molecular complexity index is 472. The van der Waals surface area contributed by atoms with Gasteiger partial charge in [-0.25, -0.2) is 0 Å². The van der Waals surface area contributed by atoms with E-state index in [9.17, 15) is 18.0 Å². The van der Waals surface area contributed by atoms with Gasteiger partial charge in [0.15, 0.2) is 0 Å². The van der Waals surface area contributed by atoms with Crippen LogP contribution in [0.4, 0.5) is 13.2 Å². The molecule has 0 aliphatic carbocycles. The van der Waals surface area contributed by atoms with Crippen LogP contribution in [0.5, 0.6) is 0 Å². The van der Waals surface area contributed by atoms with Gasteiger partial charge in [0.2, 0.25) is 5.91 Å². The maximum atomic E-state index is 12.2. The van der Waals surface area contributed by atoms with E-state index < -0.39 is 5.51 Å². The number of hydrogen-bond acceptors (Lipinski definition) is 3. The predicted octanol–water partition coefficient (Wildman–Crippen LogP) is 3.46. The Balaban J connectivity index is 2.44. The second-order valence-electron chi connectivity index (χ2n) is 3.94. The molecular weight excluding hydrogens is 303 g/mol. The summed E-state index contributed by atoms with van der Waals surface area (Å²) in [6, 6.07) is 5.78. The maximum absolute atomic E-state index is 12.2. The maximum Gasteiger partial charge on any atom is 0.446 e. The number of carbonyl (C=O) groups excluding carboxylic acids is 1. The number of benzene rings is 1. The van der Waals surface area contributed by atoms with E-state index >= 15 is 0 Å². The summed E-state index contributed by atoms with van der Waals surface area (Å²) in [6.45, 7) is 3.31. The first kappa shape index (κ1) is 17.6. The van der Waals surface area contributed by atoms with Gasteiger partial charge in [-0.1, -0.05) is 12.1 Å². The molecule has 3 nitrogen and oxygen atoms in total. The van der Waals surface area contributed by atoms with Crippen LogP contribution in [0.3, 0.4) is 0 Å². The quantitative estimate of drug-likeness (QED) is 0.475. The monoisotopic (exact) mass is 319 g/mol. The zero-order valence-electron chi connectivity index (χ0n) is 11.4. The van der Waals surface area contributed by atoms with Gasteiger partial charge < -0.3 is 10.1 Å². The lowest BCUT2D eigenvalue weighted by atomic mass is 10.2. The molecule has 1 aromatic rings. The average Bonchev–Trinajstić information content (AvgIpc) is 2.41. The molecule has 1 amide bonds. The molecule has 116 valence electrons. The van der Waals surface area contributed by atoms with Crippen molar-refractivity contribution in [2.24, 2.45) is 0 Å². The van der Waals surface area contributed by atoms with Crippen molar-refractivity contribution in [2.45, 2.75) is 17.3 Å². The van der Waals surface area contributed by atoms with Crippen LogP contribution in [0, 0.1) is 0 Å². The lowest BCUT2D eigenvalue weighted by Gasteiger charge is -2.05. The normalized spacial score (nSPS) is 11.8. The second kappa shape index (κ2) is 8.74. The first-order valence-corrected chi connectivity index (χ1v) is 7.12. The molecule has 0 aliphatic heterocycles. The molecule has 0 heterocycles. The van der Waals surface area contributed by atoms with Gasteiger partial charge in [-0.15, -0.1) is 0 Å². The lowest BCUT2D eigenvalue weighted by Crippen LogP contribution is -2.25. The van der Waals surface area contributed by atoms with E-state index in [-0.39, 0.29) is 22.6 Å². The van der Waals surface area contributed by atoms with Gasteiger partial charge in [-0.2, -0.15) is 13.2 Å². The van der Waals surface area contributed by atoms with Crippen molar-refractivity contribution < 1.29 is 22.7 Å². The Morgan fingerprint density at radius 3 is 2.57 bits per heavy atom. The molecule has 0 aliphatic rings. The van der Waals surface area contributed by atoms with Crippen LogP contribution in [-0.2, 0) is 9.53 Å². The molecule has 0 saturated carbocycles. The van der Waals surface area contributed by atoms with Crippen LogP contribution in [-0.4, -0.2) is 31.2 Å². The van der Waals surface area contributed by atoms with Crippen molar-refractivity contribution in [1.29, 1.82) is 0 Å². The number of hydrogen-bond donors (Lipinski definition) is 1. The van der Waals surface area contributed by atoms with E-state index in [4.69, 9.17) is 4.74 Å². The summed E-state index contributed by atoms with van der Waals surface area (Å²) < 4.78 is 41.5. The number of amides is 1. The molecule has 7 heteroatoms. The summed E-state index contributed by atoms with van der Waals surface area (Å²) in [6.07, 6.45) is 2.87. The number of thioether (sulfide) groups is 1. The van der Waals surface area contributed by atoms with E-state index in [1.165, 1.54) is 36.4 Å². The molecule has 0 spiro atoms. The average molecular weight is 319 g/mol. The van der Waals surface area contributed by atoms with Crippen LogP contribution in [0.2, 0.25) is 0 Å². The van der Waals surface area contributed by atoms with Crippen molar-refractivity contribution in [1.82, 2.24) is 5.32 Å². The van der Waals surface area contributed by atoms with Gasteiger partial charge in [-0.05, 0) is 42.5 Å². The van der Waals surface area contributed by atoms with E-state index in [0.717, 1.165) is 0 Å². The lowest BCUT2D eigenvalue weighted by molar-refractivity contribution is -0.116. The molecule has 0 aromatic heterocycles. The third-order valence-corrected chi connectivity index (χ3v) is 3.03. The zero-order chi connectivity index (χ0) is 15.7. The fourth-order valence-corrected chi connectivity index (χ4v) is 1.94. The highest BCUT2D eigenvalue weighted by atomic mass is 32.2. The standard InChI is InChI=1S/C14H16F3NO2S/c1-2-20-10-9-18-13(19)8-5-11-3-6-12(7-4-11)21-14(15,16)17/h3-8H,2,9-10H2,1H3,(H,18,19)/b8-5+. The first-order chi connectivity index (χ1) is 9.90. The number of rotatable bonds is 7. The molecule has 0 unspecified atom stereocenters. The Hall–Kier alpha value is -1.47. The highest BCUT2D eigenvalue weighted by Gasteiger charge is 2.28. The molecule has 1 rings (SSSR count). The molecule has 1 aromatic carbocycles. The van der Waals surface area contributed by atoms with E-state index in [0.29, 0.717) is 25.3 Å². The van der Waals surface area contributed by atoms with Gasteiger partial charge >= 0.3 is 5.51 Å². The number of nitrogens with one attached hydrogen (secondary N) is 1. The minimum absolute atomic E-state index is 0.112. The smallest absolute Gasteiger partial charge is 0.380 e. The molecule has 0 bridgehead atoms. The van der Waals surface area contributed by atoms with E-state index in [1.54, 1.807) is 0 Å². The van der Waals surface area contributed by atoms with Gasteiger partial charge in [0.05, 0.1) is 6.61 Å². The van der Waals surface area contributed by atoms with Gasteiger partial charge in [0.25, 0.3) is 0 Å². The summed E-state index contributed by atoms with van der Waals surface area (Å²) in [7, 11) is 0. The third-order valence-electron chi connectivity index (χ3n) is 2.29. The van der Waals surface area contributed by atoms with Gasteiger partial charge in [0.1, 0.15) is 0 Å². The van der Waals surface area contributed by atoms with Crippen LogP contribution in [0.15, 0.2) is 35.2 Å². The number of alkyl halides is 3. The molecular formula is C14H16F3NO2S. The molecule has 0 saturated heterocycles. The Labute approximate surface area is 125 Å². The van der Waals surface area contributed by atoms with Crippen molar-refractivity contribution >= 4 is 23.7 Å². The fraction of sp³-hybridized carbons (Fsp3) is 0.357. The van der Waals surface area contributed by atoms with Crippen molar-refractivity contribution in [3.63, 3.8) is 0 Å². The molecule has 0 radical (unpaired) electrons. The molecule has 1 N–H and O–H groups in total. The highest BCUT2D eigenvalue weighted by Crippen LogP contribution is 2.36. The Morgan fingerprint density at radius 2 is 2.00 bits per heavy atom. The van der Waals surface area contributed by atoms with Crippen molar-refractivity contribution in [3.8, 4) is 0 Å². The van der Waals surface area contributed by atoms with E-state index in [1.807, 2.05) is 6.92 Å². The van der Waals surface area contributed by atoms with E-state index in [2.05, 4.69) is 5.32 Å². The summed E-state index contributed by atoms with van der Waals surface area (Å²) in [5.74, 6) is -0.275. The van der Waals surface area contributed by atoms with Crippen LogP contribution >= 0.6 is 11.8 Å². The summed E-state index contributed by atoms with van der Waals surface area (Å²) in [5, 5.41) is 2.63. The first-order valence-electron chi connectivity index (χ1n) is 6.30. The summed E-state index contributed by atoms with van der Waals surface area (Å²) in [4.78, 5) is 11.5. The highest BCUT2D eigenvalue weighted by molar-refractivity contribution is 8.00. The topological polar surface area (TPSA) is 38.3 Å². The Kier molecular flexibility index (Phi) is 7.31. The van der Waals surface area contributed by atoms with Crippen LogP contribution < -0.4 is 5.32 Å². The predicted molar refractivity (Wildman–Crippen MR) is 76.9 cm³/mol. The Morgan fingerprint density at radius 1 is 1.33 bits per heavy atom. The molecule has 0 fully saturated rings. The van der Waals surface area contributed by atoms with Crippen molar-refractivity contribution in [2.75, 3.05) is 19.8 Å². The zero-order valence-corrected chi connectivity index (χ0v) is 12.3. The van der Waals surface area contributed by atoms with Crippen LogP contribution in [0.25, 0.3) is 6.08 Å². The largest absolute Gasteiger partial charge is 0.446 e. The molecule has 21 heavy (non-hydrogen) atoms. The summed E-state index contributed by atoms with van der Waals surface area (Å²) >= 11 is -0.168. The third kappa shape index (κ3) is 8.41. The minimum atomic E-state index is -4.29. The SMILES string of the molecule is CCOCCNC(=O)/C=C/c1ccc(SC(F)(F)F)cc1. The minimum Gasteiger partial charge on any atom is -0.380 e. The fourth-order valence-electron chi connectivity index (χ4n) is 1.40. The number of ether oxygens (including phenoxy) is 1. The second-order valence-corrected chi connectivity index (χ2v) is 5.08. The number of halogens is 3. The summed E-state index contributed by atoms with van der Waals surface area (Å²) in [5.41, 5.74) is -3.64. The van der Waals surface area contributed by atoms with Crippen molar-refractivity contribution in [3.05, 3.63) is 35.9 Å². The molecule has 0 atom stereocenters. The van der Waals surface area contributed by atoms with Gasteiger partial charge in [-0.3, -0.25) is 4.79 Å². The van der Waals surface area contributed by atoms with Crippen LogP contribution in [0.1, 0.15) is 12.5 Å².